The molecule has 1 fully saturated rings. The molecule has 1 saturated carbocycles. The maximum absolute atomic E-state index is 11.6. The van der Waals surface area contributed by atoms with Gasteiger partial charge in [-0.3, -0.25) is 9.79 Å². The molecule has 0 spiro atoms. The molecular weight excluding hydrogens is 310 g/mol. The van der Waals surface area contributed by atoms with E-state index in [0.717, 1.165) is 23.5 Å². The zero-order valence-corrected chi connectivity index (χ0v) is 14.1. The molecule has 0 radical (unpaired) electrons. The van der Waals surface area contributed by atoms with Crippen LogP contribution in [0.15, 0.2) is 40.3 Å². The van der Waals surface area contributed by atoms with E-state index in [4.69, 9.17) is 9.73 Å². The molecule has 0 bridgehead atoms. The Morgan fingerprint density at radius 3 is 2.61 bits per heavy atom. The van der Waals surface area contributed by atoms with E-state index in [1.807, 2.05) is 12.3 Å². The number of nitrogens with zero attached hydrogens (tertiary/aromatic N) is 1. The molecule has 5 heteroatoms. The first kappa shape index (κ1) is 16.2. The average molecular weight is 331 g/mol. The molecule has 4 nitrogen and oxygen atoms in total. The van der Waals surface area contributed by atoms with Gasteiger partial charge in [0, 0.05) is 17.1 Å². The van der Waals surface area contributed by atoms with Crippen molar-refractivity contribution in [1.29, 1.82) is 0 Å². The molecule has 0 amide bonds. The van der Waals surface area contributed by atoms with Gasteiger partial charge in [-0.2, -0.15) is 0 Å². The van der Waals surface area contributed by atoms with Crippen molar-refractivity contribution in [3.8, 4) is 0 Å². The van der Waals surface area contributed by atoms with Crippen LogP contribution >= 0.6 is 11.8 Å². The lowest BCUT2D eigenvalue weighted by molar-refractivity contribution is -0.139. The maximum Gasteiger partial charge on any atom is 0.331 e. The van der Waals surface area contributed by atoms with Crippen molar-refractivity contribution in [2.24, 2.45) is 10.9 Å². The fraction of sp³-hybridized carbons (Fsp3) is 0.500. The molecule has 0 aromatic carbocycles. The summed E-state index contributed by atoms with van der Waals surface area (Å²) >= 11 is 1.52. The van der Waals surface area contributed by atoms with Gasteiger partial charge >= 0.3 is 5.97 Å². The van der Waals surface area contributed by atoms with E-state index in [9.17, 15) is 9.59 Å². The van der Waals surface area contributed by atoms with E-state index in [1.54, 1.807) is 18.2 Å². The number of ketones is 1. The minimum absolute atomic E-state index is 0.00490. The van der Waals surface area contributed by atoms with Crippen molar-refractivity contribution < 1.29 is 14.3 Å². The second-order valence-corrected chi connectivity index (χ2v) is 6.96. The highest BCUT2D eigenvalue weighted by Crippen LogP contribution is 2.33. The molecule has 122 valence electrons. The normalized spacial score (nSPS) is 28.1. The molecular formula is C18H21NO3S. The van der Waals surface area contributed by atoms with Crippen LogP contribution in [0.4, 0.5) is 0 Å². The minimum atomic E-state index is -0.286. The minimum Gasteiger partial charge on any atom is -0.453 e. The van der Waals surface area contributed by atoms with Crippen molar-refractivity contribution in [3.63, 3.8) is 0 Å². The number of carbonyl (C=O) groups excluding carboxylic acids is 2. The number of aliphatic imine (C=N–C) groups is 1. The third kappa shape index (κ3) is 3.83. The molecule has 0 saturated heterocycles. The number of hydrogen-bond donors (Lipinski definition) is 0. The average Bonchev–Trinajstić information content (AvgIpc) is 3.00. The first-order valence-corrected chi connectivity index (χ1v) is 9.34. The standard InChI is InChI=1S/C18H21NO3S/c1-23-16-11-13(20)7-8-14(16)19-18(12-5-3-2-4-6-12)15-9-10-17(21)22-15/h7-12,15,18H,2-6H2,1H3/t15-,18+/m1/s1. The molecule has 0 aromatic heterocycles. The predicted molar refractivity (Wildman–Crippen MR) is 92.6 cm³/mol. The quantitative estimate of drug-likeness (QED) is 0.586. The SMILES string of the molecule is CSC1=CC(=O)C=CC1=N[C@@H](C1CCCCC1)[C@H]1C=CC(=O)O1. The predicted octanol–water partition coefficient (Wildman–Crippen LogP) is 3.24. The van der Waals surface area contributed by atoms with Gasteiger partial charge in [-0.25, -0.2) is 4.79 Å². The highest BCUT2D eigenvalue weighted by Gasteiger charge is 2.34. The van der Waals surface area contributed by atoms with Gasteiger partial charge in [0.15, 0.2) is 5.78 Å². The fourth-order valence-corrected chi connectivity index (χ4v) is 3.98. The Bertz CT molecular complexity index is 612. The molecule has 1 aliphatic heterocycles. The number of thioether (sulfide) groups is 1. The molecule has 0 unspecified atom stereocenters. The van der Waals surface area contributed by atoms with Crippen LogP contribution in [0.1, 0.15) is 32.1 Å². The van der Waals surface area contributed by atoms with E-state index < -0.39 is 0 Å². The summed E-state index contributed by atoms with van der Waals surface area (Å²) in [4.78, 5) is 28.8. The molecule has 2 aliphatic carbocycles. The van der Waals surface area contributed by atoms with Crippen molar-refractivity contribution in [2.45, 2.75) is 44.2 Å². The van der Waals surface area contributed by atoms with Crippen LogP contribution in [0.3, 0.4) is 0 Å². The Morgan fingerprint density at radius 2 is 1.96 bits per heavy atom. The van der Waals surface area contributed by atoms with Gasteiger partial charge in [0.05, 0.1) is 11.8 Å². The number of allylic oxidation sites excluding steroid dienone is 4. The maximum atomic E-state index is 11.6. The molecule has 0 N–H and O–H groups in total. The van der Waals surface area contributed by atoms with E-state index in [2.05, 4.69) is 0 Å². The van der Waals surface area contributed by atoms with Gasteiger partial charge < -0.3 is 4.74 Å². The second kappa shape index (κ2) is 7.30. The van der Waals surface area contributed by atoms with E-state index in [-0.39, 0.29) is 23.9 Å². The van der Waals surface area contributed by atoms with Gasteiger partial charge in [0.1, 0.15) is 6.10 Å². The van der Waals surface area contributed by atoms with Crippen LogP contribution in [0.25, 0.3) is 0 Å². The zero-order chi connectivity index (χ0) is 16.2. The van der Waals surface area contributed by atoms with Gasteiger partial charge in [-0.1, -0.05) is 19.3 Å². The topological polar surface area (TPSA) is 55.7 Å². The Morgan fingerprint density at radius 1 is 1.17 bits per heavy atom. The van der Waals surface area contributed by atoms with Crippen molar-refractivity contribution in [1.82, 2.24) is 0 Å². The van der Waals surface area contributed by atoms with Gasteiger partial charge in [0.2, 0.25) is 0 Å². The highest BCUT2D eigenvalue weighted by molar-refractivity contribution is 8.03. The summed E-state index contributed by atoms with van der Waals surface area (Å²) < 4.78 is 5.43. The summed E-state index contributed by atoms with van der Waals surface area (Å²) in [5.41, 5.74) is 0.823. The molecule has 3 aliphatic rings. The lowest BCUT2D eigenvalue weighted by atomic mass is 9.82. The number of rotatable bonds is 4. The van der Waals surface area contributed by atoms with E-state index in [1.165, 1.54) is 37.1 Å². The third-order valence-electron chi connectivity index (χ3n) is 4.58. The lowest BCUT2D eigenvalue weighted by Gasteiger charge is -2.31. The Balaban J connectivity index is 1.88. The summed E-state index contributed by atoms with van der Waals surface area (Å²) in [5.74, 6) is 0.131. The molecule has 0 aromatic rings. The number of ether oxygens (including phenoxy) is 1. The van der Waals surface area contributed by atoms with Crippen LogP contribution in [0, 0.1) is 5.92 Å². The number of carbonyl (C=O) groups is 2. The zero-order valence-electron chi connectivity index (χ0n) is 13.2. The summed E-state index contributed by atoms with van der Waals surface area (Å²) in [5, 5.41) is 0. The second-order valence-electron chi connectivity index (χ2n) is 6.11. The number of hydrogen-bond acceptors (Lipinski definition) is 5. The lowest BCUT2D eigenvalue weighted by Crippen LogP contribution is -2.34. The summed E-state index contributed by atoms with van der Waals surface area (Å²) in [6, 6.07) is -0.0681. The smallest absolute Gasteiger partial charge is 0.331 e. The number of esters is 1. The van der Waals surface area contributed by atoms with Crippen molar-refractivity contribution >= 4 is 29.2 Å². The first-order valence-electron chi connectivity index (χ1n) is 8.12. The molecule has 1 heterocycles. The molecule has 2 atom stereocenters. The molecule has 3 rings (SSSR count). The van der Waals surface area contributed by atoms with Gasteiger partial charge in [-0.15, -0.1) is 11.8 Å². The van der Waals surface area contributed by atoms with Crippen LogP contribution in [0.5, 0.6) is 0 Å². The third-order valence-corrected chi connectivity index (χ3v) is 5.35. The van der Waals surface area contributed by atoms with Crippen molar-refractivity contribution in [3.05, 3.63) is 35.3 Å². The molecule has 23 heavy (non-hydrogen) atoms. The van der Waals surface area contributed by atoms with Crippen LogP contribution in [-0.4, -0.2) is 35.9 Å². The van der Waals surface area contributed by atoms with Crippen molar-refractivity contribution in [2.75, 3.05) is 6.26 Å². The van der Waals surface area contributed by atoms with Gasteiger partial charge in [0.25, 0.3) is 0 Å². The van der Waals surface area contributed by atoms with Crippen LogP contribution in [-0.2, 0) is 14.3 Å². The summed E-state index contributed by atoms with van der Waals surface area (Å²) in [6.07, 6.45) is 15.8. The number of cyclic esters (lactones) is 1. The summed E-state index contributed by atoms with van der Waals surface area (Å²) in [7, 11) is 0. The Kier molecular flexibility index (Phi) is 5.16. The monoisotopic (exact) mass is 331 g/mol. The Labute approximate surface area is 140 Å². The largest absolute Gasteiger partial charge is 0.453 e. The fourth-order valence-electron chi connectivity index (χ4n) is 3.42. The summed E-state index contributed by atoms with van der Waals surface area (Å²) in [6.45, 7) is 0. The van der Waals surface area contributed by atoms with Crippen LogP contribution < -0.4 is 0 Å². The van der Waals surface area contributed by atoms with E-state index in [0.29, 0.717) is 5.92 Å². The van der Waals surface area contributed by atoms with Crippen LogP contribution in [0.2, 0.25) is 0 Å². The van der Waals surface area contributed by atoms with E-state index >= 15 is 0 Å². The van der Waals surface area contributed by atoms with Gasteiger partial charge in [-0.05, 0) is 43.2 Å². The highest BCUT2D eigenvalue weighted by atomic mass is 32.2. The Hall–Kier alpha value is -1.62. The first-order chi connectivity index (χ1) is 11.2.